The molecule has 86 valence electrons. The van der Waals surface area contributed by atoms with E-state index < -0.39 is 0 Å². The van der Waals surface area contributed by atoms with E-state index in [1.807, 2.05) is 17.8 Å². The predicted molar refractivity (Wildman–Crippen MR) is 62.0 cm³/mol. The Morgan fingerprint density at radius 2 is 2.24 bits per heavy atom. The molecule has 0 spiro atoms. The highest BCUT2D eigenvalue weighted by molar-refractivity contribution is 5.84. The SMILES string of the molecule is Cn1ncc2c(N)nc(Cn3ccnc3)nc21. The third-order valence-electron chi connectivity index (χ3n) is 2.55. The molecule has 0 saturated heterocycles. The van der Waals surface area contributed by atoms with Crippen molar-refractivity contribution in [1.82, 2.24) is 29.3 Å². The Labute approximate surface area is 96.9 Å². The van der Waals surface area contributed by atoms with Gasteiger partial charge in [-0.1, -0.05) is 0 Å². The number of rotatable bonds is 2. The van der Waals surface area contributed by atoms with Gasteiger partial charge in [-0.2, -0.15) is 5.10 Å². The maximum absolute atomic E-state index is 5.87. The van der Waals surface area contributed by atoms with Gasteiger partial charge in [0.1, 0.15) is 5.82 Å². The number of nitrogens with zero attached hydrogens (tertiary/aromatic N) is 6. The second-order valence-electron chi connectivity index (χ2n) is 3.77. The van der Waals surface area contributed by atoms with Gasteiger partial charge in [-0.15, -0.1) is 0 Å². The third-order valence-corrected chi connectivity index (χ3v) is 2.55. The minimum absolute atomic E-state index is 0.457. The molecular formula is C10H11N7. The second-order valence-corrected chi connectivity index (χ2v) is 3.77. The van der Waals surface area contributed by atoms with Crippen LogP contribution in [0.25, 0.3) is 11.0 Å². The molecule has 0 aliphatic heterocycles. The van der Waals surface area contributed by atoms with Crippen molar-refractivity contribution < 1.29 is 0 Å². The Morgan fingerprint density at radius 3 is 3.00 bits per heavy atom. The van der Waals surface area contributed by atoms with E-state index in [0.29, 0.717) is 18.2 Å². The first kappa shape index (κ1) is 9.76. The van der Waals surface area contributed by atoms with Crippen LogP contribution in [0.15, 0.2) is 24.9 Å². The Hall–Kier alpha value is -2.44. The molecule has 7 heteroatoms. The molecule has 0 aliphatic rings. The summed E-state index contributed by atoms with van der Waals surface area (Å²) in [7, 11) is 1.83. The number of nitrogens with two attached hydrogens (primary N) is 1. The molecular weight excluding hydrogens is 218 g/mol. The Morgan fingerprint density at radius 1 is 1.35 bits per heavy atom. The zero-order valence-electron chi connectivity index (χ0n) is 9.28. The van der Waals surface area contributed by atoms with Gasteiger partial charge in [0.25, 0.3) is 0 Å². The molecule has 0 saturated carbocycles. The van der Waals surface area contributed by atoms with Gasteiger partial charge in [-0.3, -0.25) is 4.68 Å². The molecule has 0 fully saturated rings. The van der Waals surface area contributed by atoms with Crippen LogP contribution in [0.3, 0.4) is 0 Å². The number of hydrogen-bond acceptors (Lipinski definition) is 5. The molecule has 0 bridgehead atoms. The van der Waals surface area contributed by atoms with Gasteiger partial charge >= 0.3 is 0 Å². The van der Waals surface area contributed by atoms with Crippen LogP contribution in [0.2, 0.25) is 0 Å². The van der Waals surface area contributed by atoms with Crippen LogP contribution in [-0.4, -0.2) is 29.3 Å². The summed E-state index contributed by atoms with van der Waals surface area (Å²) in [6.45, 7) is 0.547. The highest BCUT2D eigenvalue weighted by Crippen LogP contribution is 2.16. The van der Waals surface area contributed by atoms with Gasteiger partial charge in [0, 0.05) is 19.4 Å². The number of fused-ring (bicyclic) bond motifs is 1. The monoisotopic (exact) mass is 229 g/mol. The van der Waals surface area contributed by atoms with Crippen LogP contribution in [0.1, 0.15) is 5.82 Å². The summed E-state index contributed by atoms with van der Waals surface area (Å²) < 4.78 is 3.57. The van der Waals surface area contributed by atoms with Gasteiger partial charge in [-0.05, 0) is 0 Å². The van der Waals surface area contributed by atoms with Crippen LogP contribution in [0, 0.1) is 0 Å². The number of imidazole rings is 1. The molecule has 2 N–H and O–H groups in total. The largest absolute Gasteiger partial charge is 0.383 e. The first-order chi connectivity index (χ1) is 8.24. The maximum Gasteiger partial charge on any atom is 0.163 e. The fraction of sp³-hybridized carbons (Fsp3) is 0.200. The van der Waals surface area contributed by atoms with E-state index in [2.05, 4.69) is 20.1 Å². The standard InChI is InChI=1S/C10H11N7/c1-16-10-7(4-13-16)9(11)14-8(15-10)5-17-3-2-12-6-17/h2-4,6H,5H2,1H3,(H2,11,14,15). The number of hydrogen-bond donors (Lipinski definition) is 1. The lowest BCUT2D eigenvalue weighted by molar-refractivity contribution is 0.735. The minimum Gasteiger partial charge on any atom is -0.383 e. The van der Waals surface area contributed by atoms with E-state index in [9.17, 15) is 0 Å². The maximum atomic E-state index is 5.87. The Balaban J connectivity index is 2.08. The molecule has 0 aliphatic carbocycles. The Kier molecular flexibility index (Phi) is 2.04. The fourth-order valence-corrected chi connectivity index (χ4v) is 1.71. The molecule has 0 radical (unpaired) electrons. The van der Waals surface area contributed by atoms with E-state index >= 15 is 0 Å². The number of anilines is 1. The van der Waals surface area contributed by atoms with Crippen molar-refractivity contribution in [2.24, 2.45) is 7.05 Å². The van der Waals surface area contributed by atoms with E-state index in [-0.39, 0.29) is 0 Å². The number of aryl methyl sites for hydroxylation is 1. The lowest BCUT2D eigenvalue weighted by Gasteiger charge is -2.03. The zero-order chi connectivity index (χ0) is 11.8. The summed E-state index contributed by atoms with van der Waals surface area (Å²) >= 11 is 0. The number of nitrogen functional groups attached to an aromatic ring is 1. The van der Waals surface area contributed by atoms with Gasteiger partial charge in [0.15, 0.2) is 11.5 Å². The van der Waals surface area contributed by atoms with Gasteiger partial charge < -0.3 is 10.3 Å². The lowest BCUT2D eigenvalue weighted by Crippen LogP contribution is -2.06. The van der Waals surface area contributed by atoms with Crippen LogP contribution in [0.4, 0.5) is 5.82 Å². The van der Waals surface area contributed by atoms with E-state index in [1.54, 1.807) is 23.4 Å². The summed E-state index contributed by atoms with van der Waals surface area (Å²) in [5.74, 6) is 1.11. The van der Waals surface area contributed by atoms with Gasteiger partial charge in [0.05, 0.1) is 24.5 Å². The summed E-state index contributed by atoms with van der Waals surface area (Å²) in [6, 6.07) is 0. The zero-order valence-corrected chi connectivity index (χ0v) is 9.28. The van der Waals surface area contributed by atoms with Crippen molar-refractivity contribution in [2.75, 3.05) is 5.73 Å². The summed E-state index contributed by atoms with van der Waals surface area (Å²) in [6.07, 6.45) is 6.96. The molecule has 3 heterocycles. The summed E-state index contributed by atoms with van der Waals surface area (Å²) in [4.78, 5) is 12.7. The molecule has 0 aromatic carbocycles. The van der Waals surface area contributed by atoms with Crippen LogP contribution in [0.5, 0.6) is 0 Å². The van der Waals surface area contributed by atoms with Crippen molar-refractivity contribution in [3.8, 4) is 0 Å². The molecule has 7 nitrogen and oxygen atoms in total. The average molecular weight is 229 g/mol. The average Bonchev–Trinajstić information content (AvgIpc) is 2.90. The van der Waals surface area contributed by atoms with Crippen molar-refractivity contribution >= 4 is 16.9 Å². The van der Waals surface area contributed by atoms with E-state index in [1.165, 1.54) is 0 Å². The first-order valence-electron chi connectivity index (χ1n) is 5.14. The topological polar surface area (TPSA) is 87.4 Å². The minimum atomic E-state index is 0.457. The molecule has 0 amide bonds. The van der Waals surface area contributed by atoms with Crippen molar-refractivity contribution in [2.45, 2.75) is 6.54 Å². The molecule has 0 atom stereocenters. The molecule has 3 aromatic heterocycles. The first-order valence-corrected chi connectivity index (χ1v) is 5.14. The van der Waals surface area contributed by atoms with Crippen LogP contribution in [-0.2, 0) is 13.6 Å². The summed E-state index contributed by atoms with van der Waals surface area (Å²) in [5.41, 5.74) is 6.61. The molecule has 0 unspecified atom stereocenters. The van der Waals surface area contributed by atoms with Crippen molar-refractivity contribution in [1.29, 1.82) is 0 Å². The summed E-state index contributed by atoms with van der Waals surface area (Å²) in [5, 5.41) is 4.89. The van der Waals surface area contributed by atoms with Gasteiger partial charge in [-0.25, -0.2) is 15.0 Å². The number of aromatic nitrogens is 6. The predicted octanol–water partition coefficient (Wildman–Crippen LogP) is 0.190. The van der Waals surface area contributed by atoms with Crippen molar-refractivity contribution in [3.63, 3.8) is 0 Å². The van der Waals surface area contributed by atoms with E-state index in [0.717, 1.165) is 11.0 Å². The normalized spacial score (nSPS) is 11.1. The fourth-order valence-electron chi connectivity index (χ4n) is 1.71. The quantitative estimate of drug-likeness (QED) is 0.677. The third kappa shape index (κ3) is 1.61. The lowest BCUT2D eigenvalue weighted by atomic mass is 10.4. The highest BCUT2D eigenvalue weighted by atomic mass is 15.3. The smallest absolute Gasteiger partial charge is 0.163 e. The molecule has 3 rings (SSSR count). The van der Waals surface area contributed by atoms with Crippen LogP contribution < -0.4 is 5.73 Å². The second kappa shape index (κ2) is 3.55. The molecule has 17 heavy (non-hydrogen) atoms. The molecule has 3 aromatic rings. The van der Waals surface area contributed by atoms with Crippen LogP contribution >= 0.6 is 0 Å². The van der Waals surface area contributed by atoms with Crippen molar-refractivity contribution in [3.05, 3.63) is 30.7 Å². The van der Waals surface area contributed by atoms with E-state index in [4.69, 9.17) is 5.73 Å². The Bertz CT molecular complexity index is 653. The van der Waals surface area contributed by atoms with Gasteiger partial charge in [0.2, 0.25) is 0 Å². The highest BCUT2D eigenvalue weighted by Gasteiger charge is 2.09.